The van der Waals surface area contributed by atoms with Gasteiger partial charge in [-0.2, -0.15) is 0 Å². The smallest absolute Gasteiger partial charge is 0.194 e. The van der Waals surface area contributed by atoms with Crippen LogP contribution in [0.25, 0.3) is 0 Å². The second-order valence-electron chi connectivity index (χ2n) is 5.90. The first-order valence-electron chi connectivity index (χ1n) is 8.54. The Morgan fingerprint density at radius 2 is 2.09 bits per heavy atom. The van der Waals surface area contributed by atoms with Gasteiger partial charge in [-0.3, -0.25) is 0 Å². The number of rotatable bonds is 5. The molecule has 1 aliphatic rings. The number of hydrogen-bond donors (Lipinski definition) is 1. The van der Waals surface area contributed by atoms with Crippen molar-refractivity contribution in [1.29, 1.82) is 0 Å². The van der Waals surface area contributed by atoms with Gasteiger partial charge in [0.2, 0.25) is 0 Å². The van der Waals surface area contributed by atoms with E-state index in [4.69, 9.17) is 9.73 Å². The Morgan fingerprint density at radius 3 is 2.70 bits per heavy atom. The van der Waals surface area contributed by atoms with Crippen molar-refractivity contribution in [3.8, 4) is 0 Å². The lowest BCUT2D eigenvalue weighted by molar-refractivity contribution is 0.0263. The van der Waals surface area contributed by atoms with E-state index in [9.17, 15) is 4.39 Å². The minimum absolute atomic E-state index is 0.164. The summed E-state index contributed by atoms with van der Waals surface area (Å²) in [5.41, 5.74) is 1.70. The summed E-state index contributed by atoms with van der Waals surface area (Å²) in [6.45, 7) is 10.0. The van der Waals surface area contributed by atoms with Crippen LogP contribution in [0.5, 0.6) is 0 Å². The van der Waals surface area contributed by atoms with Crippen LogP contribution in [0.3, 0.4) is 0 Å². The van der Waals surface area contributed by atoms with E-state index in [1.165, 1.54) is 6.07 Å². The van der Waals surface area contributed by atoms with Gasteiger partial charge in [0.05, 0.1) is 12.6 Å². The molecule has 0 amide bonds. The highest BCUT2D eigenvalue weighted by Gasteiger charge is 2.21. The summed E-state index contributed by atoms with van der Waals surface area (Å²) in [5.74, 6) is 0.770. The van der Waals surface area contributed by atoms with Gasteiger partial charge in [0.15, 0.2) is 5.96 Å². The maximum atomic E-state index is 13.3. The fraction of sp³-hybridized carbons (Fsp3) is 0.611. The number of halogens is 1. The van der Waals surface area contributed by atoms with Crippen molar-refractivity contribution in [1.82, 2.24) is 10.2 Å². The topological polar surface area (TPSA) is 36.9 Å². The van der Waals surface area contributed by atoms with Crippen LogP contribution in [0.1, 0.15) is 37.8 Å². The second-order valence-corrected chi connectivity index (χ2v) is 5.90. The summed E-state index contributed by atoms with van der Waals surface area (Å²) in [5, 5.41) is 3.36. The predicted octanol–water partition coefficient (Wildman–Crippen LogP) is 3.10. The number of piperidine rings is 1. The maximum absolute atomic E-state index is 13.3. The Kier molecular flexibility index (Phi) is 6.84. The number of aliphatic imine (C=N–C) groups is 1. The SMILES string of the molecule is CCNC(=NCc1ccc(F)c(C)c1)N1CCC(OCC)CC1. The molecule has 0 spiro atoms. The number of likely N-dealkylation sites (tertiary alicyclic amines) is 1. The Labute approximate surface area is 138 Å². The molecular formula is C18H28FN3O. The first kappa shape index (κ1) is 17.7. The quantitative estimate of drug-likeness (QED) is 0.669. The summed E-state index contributed by atoms with van der Waals surface area (Å²) < 4.78 is 19.0. The van der Waals surface area contributed by atoms with Crippen molar-refractivity contribution < 1.29 is 9.13 Å². The molecule has 1 fully saturated rings. The van der Waals surface area contributed by atoms with E-state index in [1.807, 2.05) is 13.0 Å². The van der Waals surface area contributed by atoms with E-state index < -0.39 is 0 Å². The molecule has 0 atom stereocenters. The third kappa shape index (κ3) is 5.20. The Balaban J connectivity index is 1.98. The summed E-state index contributed by atoms with van der Waals surface area (Å²) >= 11 is 0. The summed E-state index contributed by atoms with van der Waals surface area (Å²) in [6, 6.07) is 5.18. The van der Waals surface area contributed by atoms with E-state index in [-0.39, 0.29) is 5.82 Å². The van der Waals surface area contributed by atoms with Crippen molar-refractivity contribution in [2.75, 3.05) is 26.2 Å². The lowest BCUT2D eigenvalue weighted by atomic mass is 10.1. The van der Waals surface area contributed by atoms with Crippen LogP contribution < -0.4 is 5.32 Å². The molecule has 1 aromatic carbocycles. The van der Waals surface area contributed by atoms with E-state index >= 15 is 0 Å². The Morgan fingerprint density at radius 1 is 1.35 bits per heavy atom. The number of aryl methyl sites for hydroxylation is 1. The van der Waals surface area contributed by atoms with Crippen LogP contribution >= 0.6 is 0 Å². The van der Waals surface area contributed by atoms with Gasteiger partial charge in [-0.1, -0.05) is 12.1 Å². The number of nitrogens with zero attached hydrogens (tertiary/aromatic N) is 2. The molecular weight excluding hydrogens is 293 g/mol. The molecule has 1 saturated heterocycles. The molecule has 4 nitrogen and oxygen atoms in total. The summed E-state index contributed by atoms with van der Waals surface area (Å²) in [4.78, 5) is 7.00. The fourth-order valence-electron chi connectivity index (χ4n) is 2.87. The Hall–Kier alpha value is -1.62. The average Bonchev–Trinajstić information content (AvgIpc) is 2.56. The molecule has 0 bridgehead atoms. The van der Waals surface area contributed by atoms with Crippen molar-refractivity contribution >= 4 is 5.96 Å². The highest BCUT2D eigenvalue weighted by atomic mass is 19.1. The van der Waals surface area contributed by atoms with Gasteiger partial charge in [0.1, 0.15) is 5.82 Å². The van der Waals surface area contributed by atoms with Gasteiger partial charge in [-0.15, -0.1) is 0 Å². The highest BCUT2D eigenvalue weighted by molar-refractivity contribution is 5.80. The van der Waals surface area contributed by atoms with Gasteiger partial charge in [-0.25, -0.2) is 9.38 Å². The molecule has 1 heterocycles. The van der Waals surface area contributed by atoms with Crippen molar-refractivity contribution in [3.05, 3.63) is 35.1 Å². The van der Waals surface area contributed by atoms with Gasteiger partial charge in [-0.05, 0) is 50.8 Å². The molecule has 0 aromatic heterocycles. The molecule has 0 unspecified atom stereocenters. The summed E-state index contributed by atoms with van der Waals surface area (Å²) in [6.07, 6.45) is 2.45. The maximum Gasteiger partial charge on any atom is 0.194 e. The van der Waals surface area contributed by atoms with Crippen molar-refractivity contribution in [3.63, 3.8) is 0 Å². The third-order valence-electron chi connectivity index (χ3n) is 4.11. The first-order valence-corrected chi connectivity index (χ1v) is 8.54. The fourth-order valence-corrected chi connectivity index (χ4v) is 2.87. The van der Waals surface area contributed by atoms with Crippen LogP contribution in [0.15, 0.2) is 23.2 Å². The molecule has 128 valence electrons. The lowest BCUT2D eigenvalue weighted by Gasteiger charge is -2.34. The zero-order valence-corrected chi connectivity index (χ0v) is 14.4. The molecule has 0 radical (unpaired) electrons. The minimum atomic E-state index is -0.164. The zero-order valence-electron chi connectivity index (χ0n) is 14.4. The standard InChI is InChI=1S/C18H28FN3O/c1-4-20-18(22-10-8-16(9-11-22)23-5-2)21-13-15-6-7-17(19)14(3)12-15/h6-7,12,16H,4-5,8-11,13H2,1-3H3,(H,20,21). The number of ether oxygens (including phenoxy) is 1. The van der Waals surface area contributed by atoms with Gasteiger partial charge in [0, 0.05) is 26.2 Å². The zero-order chi connectivity index (χ0) is 16.7. The molecule has 23 heavy (non-hydrogen) atoms. The molecule has 0 saturated carbocycles. The molecule has 0 aliphatic carbocycles. The van der Waals surface area contributed by atoms with Crippen molar-refractivity contribution in [2.24, 2.45) is 4.99 Å². The molecule has 2 rings (SSSR count). The summed E-state index contributed by atoms with van der Waals surface area (Å²) in [7, 11) is 0. The number of nitrogens with one attached hydrogen (secondary N) is 1. The molecule has 1 N–H and O–H groups in total. The van der Waals surface area contributed by atoms with Crippen molar-refractivity contribution in [2.45, 2.75) is 46.3 Å². The van der Waals surface area contributed by atoms with E-state index in [2.05, 4.69) is 17.1 Å². The number of guanidine groups is 1. The van der Waals surface area contributed by atoms with E-state index in [1.54, 1.807) is 13.0 Å². The third-order valence-corrected chi connectivity index (χ3v) is 4.11. The number of hydrogen-bond acceptors (Lipinski definition) is 2. The number of benzene rings is 1. The largest absolute Gasteiger partial charge is 0.378 e. The van der Waals surface area contributed by atoms with Crippen LogP contribution in [-0.2, 0) is 11.3 Å². The molecule has 5 heteroatoms. The minimum Gasteiger partial charge on any atom is -0.378 e. The normalized spacial score (nSPS) is 16.7. The first-order chi connectivity index (χ1) is 11.1. The van der Waals surface area contributed by atoms with Gasteiger partial charge in [0.25, 0.3) is 0 Å². The van der Waals surface area contributed by atoms with E-state index in [0.29, 0.717) is 18.2 Å². The monoisotopic (exact) mass is 321 g/mol. The van der Waals surface area contributed by atoms with Crippen LogP contribution in [0.4, 0.5) is 4.39 Å². The average molecular weight is 321 g/mol. The van der Waals surface area contributed by atoms with E-state index in [0.717, 1.165) is 50.6 Å². The lowest BCUT2D eigenvalue weighted by Crippen LogP contribution is -2.47. The van der Waals surface area contributed by atoms with Gasteiger partial charge >= 0.3 is 0 Å². The Bertz CT molecular complexity index is 525. The van der Waals surface area contributed by atoms with Crippen LogP contribution in [-0.4, -0.2) is 43.2 Å². The molecule has 1 aromatic rings. The van der Waals surface area contributed by atoms with Gasteiger partial charge < -0.3 is 15.0 Å². The van der Waals surface area contributed by atoms with Crippen LogP contribution in [0, 0.1) is 12.7 Å². The molecule has 1 aliphatic heterocycles. The van der Waals surface area contributed by atoms with Crippen LogP contribution in [0.2, 0.25) is 0 Å². The highest BCUT2D eigenvalue weighted by Crippen LogP contribution is 2.15. The predicted molar refractivity (Wildman–Crippen MR) is 92.2 cm³/mol. The second kappa shape index (κ2) is 8.87.